The molecule has 252 valence electrons. The van der Waals surface area contributed by atoms with E-state index in [0.717, 1.165) is 0 Å². The summed E-state index contributed by atoms with van der Waals surface area (Å²) >= 11 is 3.32. The average molecular weight is 716 g/mol. The number of carbonyl (C=O) groups excluding carboxylic acids is 4. The molecule has 5 aliphatic rings. The maximum atomic E-state index is 14.5. The van der Waals surface area contributed by atoms with Crippen molar-refractivity contribution in [1.82, 2.24) is 0 Å². The zero-order valence-corrected chi connectivity index (χ0v) is 29.4. The Bertz CT molecular complexity index is 1860. The lowest BCUT2D eigenvalue weighted by atomic mass is 9.66. The predicted molar refractivity (Wildman–Crippen MR) is 168 cm³/mol. The van der Waals surface area contributed by atoms with Crippen molar-refractivity contribution in [1.29, 1.82) is 0 Å². The Morgan fingerprint density at radius 1 is 0.787 bits per heavy atom. The van der Waals surface area contributed by atoms with Gasteiger partial charge < -0.3 is 28.1 Å². The van der Waals surface area contributed by atoms with Gasteiger partial charge in [-0.25, -0.2) is 14.4 Å². The van der Waals surface area contributed by atoms with E-state index in [1.165, 1.54) is 0 Å². The van der Waals surface area contributed by atoms with E-state index in [9.17, 15) is 24.0 Å². The Balaban J connectivity index is 1.37. The van der Waals surface area contributed by atoms with Gasteiger partial charge in [-0.05, 0) is 71.6 Å². The number of rotatable bonds is 5. The molecule has 0 unspecified atom stereocenters. The first kappa shape index (κ1) is 32.2. The summed E-state index contributed by atoms with van der Waals surface area (Å²) in [6.45, 7) is 14.2. The van der Waals surface area contributed by atoms with E-state index in [1.807, 2.05) is 27.7 Å². The molecule has 0 radical (unpaired) electrons. The minimum Gasteiger partial charge on any atom is -0.483 e. The van der Waals surface area contributed by atoms with Gasteiger partial charge in [0.25, 0.3) is 0 Å². The third-order valence-corrected chi connectivity index (χ3v) is 13.6. The molecule has 4 fully saturated rings. The topological polar surface area (TPSA) is 145 Å². The van der Waals surface area contributed by atoms with E-state index in [4.69, 9.17) is 28.1 Å². The predicted octanol–water partition coefficient (Wildman–Crippen LogP) is 5.60. The Morgan fingerprint density at radius 2 is 1.32 bits per heavy atom. The highest BCUT2D eigenvalue weighted by atomic mass is 79.9. The summed E-state index contributed by atoms with van der Waals surface area (Å²) in [6.07, 6.45) is -1.30. The van der Waals surface area contributed by atoms with Gasteiger partial charge in [-0.1, -0.05) is 43.6 Å². The fourth-order valence-corrected chi connectivity index (χ4v) is 9.08. The van der Waals surface area contributed by atoms with Crippen LogP contribution in [0.3, 0.4) is 0 Å². The number of alkyl halides is 1. The molecule has 2 aliphatic carbocycles. The van der Waals surface area contributed by atoms with Crippen molar-refractivity contribution in [2.75, 3.05) is 0 Å². The first-order valence-corrected chi connectivity index (χ1v) is 17.1. The van der Waals surface area contributed by atoms with Gasteiger partial charge in [-0.15, -0.1) is 0 Å². The van der Waals surface area contributed by atoms with E-state index < -0.39 is 80.2 Å². The fraction of sp³-hybridized carbons (Fsp3) is 0.629. The molecule has 11 nitrogen and oxygen atoms in total. The van der Waals surface area contributed by atoms with Crippen LogP contribution in [0.2, 0.25) is 0 Å². The summed E-state index contributed by atoms with van der Waals surface area (Å²) < 4.78 is 36.6. The van der Waals surface area contributed by atoms with Crippen LogP contribution in [-0.2, 0) is 43.5 Å². The van der Waals surface area contributed by atoms with Gasteiger partial charge >= 0.3 is 29.5 Å². The lowest BCUT2D eigenvalue weighted by Crippen LogP contribution is -2.57. The molecular weight excluding hydrogens is 676 g/mol. The Labute approximate surface area is 280 Å². The highest BCUT2D eigenvalue weighted by Crippen LogP contribution is 2.67. The number of benzene rings is 1. The lowest BCUT2D eigenvalue weighted by molar-refractivity contribution is -0.217. The molecule has 4 heterocycles. The molecule has 2 aromatic rings. The van der Waals surface area contributed by atoms with Crippen LogP contribution >= 0.6 is 15.9 Å². The third-order valence-electron chi connectivity index (χ3n) is 13.0. The van der Waals surface area contributed by atoms with Crippen molar-refractivity contribution < 1.29 is 47.3 Å². The van der Waals surface area contributed by atoms with E-state index in [2.05, 4.69) is 15.9 Å². The highest BCUT2D eigenvalue weighted by Gasteiger charge is 2.78. The molecule has 12 heteroatoms. The van der Waals surface area contributed by atoms with Crippen LogP contribution in [0.15, 0.2) is 27.4 Å². The van der Waals surface area contributed by atoms with Gasteiger partial charge in [-0.2, -0.15) is 0 Å². The standard InChI is InChI=1S/C35H39BrO11/c1-29(2)23(44-28(41)35-14-12-33(8,26(39)47-35)31(35,5)6)22(43-27(40)34-13-11-32(7,25(38)46-34)30(34,3)4)20-19(45-29)10-9-17-15-18(16-36)24(37)42-21(17)20/h9-10,15,22-23H,11-14,16H2,1-8H3/t22-,23-,32-,33-,34-,35-/m1/s1. The second-order valence-corrected chi connectivity index (χ2v) is 16.4. The van der Waals surface area contributed by atoms with Crippen molar-refractivity contribution in [2.24, 2.45) is 21.7 Å². The average Bonchev–Trinajstić information content (AvgIpc) is 3.46. The molecule has 0 N–H and O–H groups in total. The Morgan fingerprint density at radius 3 is 1.79 bits per heavy atom. The molecule has 0 amide bonds. The molecule has 47 heavy (non-hydrogen) atoms. The number of esters is 4. The second-order valence-electron chi connectivity index (χ2n) is 15.8. The number of fused-ring (bicyclic) bond motifs is 7. The maximum Gasteiger partial charge on any atom is 0.351 e. The molecule has 0 spiro atoms. The van der Waals surface area contributed by atoms with E-state index in [1.54, 1.807) is 45.9 Å². The minimum absolute atomic E-state index is 0.0993. The summed E-state index contributed by atoms with van der Waals surface area (Å²) in [7, 11) is 0. The van der Waals surface area contributed by atoms with Gasteiger partial charge in [0.2, 0.25) is 11.2 Å². The van der Waals surface area contributed by atoms with E-state index >= 15 is 0 Å². The fourth-order valence-electron chi connectivity index (χ4n) is 8.69. The normalized spacial score (nSPS) is 36.8. The van der Waals surface area contributed by atoms with Crippen molar-refractivity contribution in [2.45, 2.75) is 115 Å². The minimum atomic E-state index is -1.60. The Kier molecular flexibility index (Phi) is 6.42. The molecule has 7 rings (SSSR count). The molecule has 2 saturated carbocycles. The first-order chi connectivity index (χ1) is 21.7. The molecule has 2 saturated heterocycles. The van der Waals surface area contributed by atoms with E-state index in [-0.39, 0.29) is 35.1 Å². The molecule has 1 aromatic carbocycles. The quantitative estimate of drug-likeness (QED) is 0.165. The van der Waals surface area contributed by atoms with Crippen LogP contribution in [0.5, 0.6) is 5.75 Å². The monoisotopic (exact) mass is 714 g/mol. The van der Waals surface area contributed by atoms with Crippen LogP contribution in [0.25, 0.3) is 11.0 Å². The lowest BCUT2D eigenvalue weighted by Gasteiger charge is -2.45. The number of hydrogen-bond donors (Lipinski definition) is 0. The van der Waals surface area contributed by atoms with Crippen LogP contribution in [0, 0.1) is 21.7 Å². The zero-order chi connectivity index (χ0) is 34.3. The Hall–Kier alpha value is -3.41. The molecule has 1 aromatic heterocycles. The molecule has 6 atom stereocenters. The van der Waals surface area contributed by atoms with Crippen LogP contribution in [0.1, 0.15) is 98.3 Å². The first-order valence-electron chi connectivity index (χ1n) is 16.0. The summed E-state index contributed by atoms with van der Waals surface area (Å²) in [6, 6.07) is 5.08. The second kappa shape index (κ2) is 9.39. The maximum absolute atomic E-state index is 14.5. The van der Waals surface area contributed by atoms with Gasteiger partial charge in [0.05, 0.1) is 16.4 Å². The molecular formula is C35H39BrO11. The summed E-state index contributed by atoms with van der Waals surface area (Å²) in [5.74, 6) is -2.28. The van der Waals surface area contributed by atoms with Gasteiger partial charge in [0.1, 0.15) is 16.9 Å². The summed E-state index contributed by atoms with van der Waals surface area (Å²) in [4.78, 5) is 67.9. The number of ether oxygens (including phenoxy) is 5. The van der Waals surface area contributed by atoms with Crippen LogP contribution in [-0.4, -0.2) is 46.8 Å². The van der Waals surface area contributed by atoms with Gasteiger partial charge in [0, 0.05) is 27.1 Å². The zero-order valence-electron chi connectivity index (χ0n) is 27.8. The summed E-state index contributed by atoms with van der Waals surface area (Å²) in [5.41, 5.74) is -8.02. The largest absolute Gasteiger partial charge is 0.483 e. The number of carbonyl (C=O) groups is 4. The van der Waals surface area contributed by atoms with Gasteiger partial charge in [0.15, 0.2) is 12.2 Å². The number of halogens is 1. The van der Waals surface area contributed by atoms with E-state index in [0.29, 0.717) is 23.8 Å². The van der Waals surface area contributed by atoms with Crippen LogP contribution < -0.4 is 10.4 Å². The van der Waals surface area contributed by atoms with Crippen molar-refractivity contribution in [3.63, 3.8) is 0 Å². The highest BCUT2D eigenvalue weighted by molar-refractivity contribution is 9.08. The van der Waals surface area contributed by atoms with Crippen LogP contribution in [0.4, 0.5) is 0 Å². The van der Waals surface area contributed by atoms with Gasteiger partial charge in [-0.3, -0.25) is 9.59 Å². The van der Waals surface area contributed by atoms with Crippen molar-refractivity contribution in [3.8, 4) is 5.75 Å². The molecule has 3 aliphatic heterocycles. The third kappa shape index (κ3) is 3.65. The molecule has 4 bridgehead atoms. The van der Waals surface area contributed by atoms with Crippen molar-refractivity contribution in [3.05, 3.63) is 39.7 Å². The summed E-state index contributed by atoms with van der Waals surface area (Å²) in [5, 5.41) is 0.782. The smallest absolute Gasteiger partial charge is 0.351 e. The van der Waals surface area contributed by atoms with Crippen molar-refractivity contribution >= 4 is 50.8 Å². The number of hydrogen-bond acceptors (Lipinski definition) is 11. The SMILES string of the molecule is CC1(C)Oc2ccc3cc(CBr)c(=O)oc3c2[C@@H](OC(=O)[C@@]23CC[C@](C)(C(=O)O2)C3(C)C)[C@H]1OC(=O)[C@@]12CC[C@](C)(C(=O)O1)C2(C)C.